The van der Waals surface area contributed by atoms with Gasteiger partial charge in [-0.3, -0.25) is 4.79 Å². The standard InChI is InChI=1S/C25H34F3N3O/c1-16-21(23(32)29-18-9-7-8-17(14-18)25(26,27)28)15-22(24(2,3)4)31(16)20-12-10-19(11-13-20)30(5)6/h7-9,14-15,19-20H,10-13H2,1-6H3,(H,29,32). The van der Waals surface area contributed by atoms with Crippen molar-refractivity contribution in [3.05, 3.63) is 52.8 Å². The zero-order valence-electron chi connectivity index (χ0n) is 19.8. The Morgan fingerprint density at radius 3 is 2.22 bits per heavy atom. The highest BCUT2D eigenvalue weighted by Crippen LogP contribution is 2.38. The van der Waals surface area contributed by atoms with Crippen molar-refractivity contribution in [3.63, 3.8) is 0 Å². The highest BCUT2D eigenvalue weighted by molar-refractivity contribution is 6.05. The lowest BCUT2D eigenvalue weighted by Crippen LogP contribution is -2.34. The molecule has 1 aliphatic carbocycles. The Labute approximate surface area is 188 Å². The van der Waals surface area contributed by atoms with Gasteiger partial charge in [-0.1, -0.05) is 26.8 Å². The van der Waals surface area contributed by atoms with Crippen LogP contribution in [-0.2, 0) is 11.6 Å². The van der Waals surface area contributed by atoms with E-state index in [0.29, 0.717) is 17.6 Å². The lowest BCUT2D eigenvalue weighted by molar-refractivity contribution is -0.137. The number of aromatic nitrogens is 1. The average molecular weight is 450 g/mol. The molecule has 1 aromatic heterocycles. The van der Waals surface area contributed by atoms with Crippen LogP contribution in [0.25, 0.3) is 0 Å². The van der Waals surface area contributed by atoms with E-state index in [4.69, 9.17) is 0 Å². The Morgan fingerprint density at radius 2 is 1.69 bits per heavy atom. The number of alkyl halides is 3. The second kappa shape index (κ2) is 8.93. The summed E-state index contributed by atoms with van der Waals surface area (Å²) in [7, 11) is 4.23. The first-order chi connectivity index (χ1) is 14.8. The first kappa shape index (κ1) is 24.4. The topological polar surface area (TPSA) is 37.3 Å². The Hall–Kier alpha value is -2.28. The van der Waals surface area contributed by atoms with Crippen molar-refractivity contribution in [3.8, 4) is 0 Å². The van der Waals surface area contributed by atoms with Crippen LogP contribution in [0.5, 0.6) is 0 Å². The van der Waals surface area contributed by atoms with Crippen molar-refractivity contribution in [1.82, 2.24) is 9.47 Å². The molecule has 0 spiro atoms. The molecule has 2 aromatic rings. The third-order valence-electron chi connectivity index (χ3n) is 6.51. The van der Waals surface area contributed by atoms with Crippen LogP contribution >= 0.6 is 0 Å². The van der Waals surface area contributed by atoms with Crippen LogP contribution in [0, 0.1) is 6.92 Å². The summed E-state index contributed by atoms with van der Waals surface area (Å²) in [5.41, 5.74) is 1.66. The number of carbonyl (C=O) groups excluding carboxylic acids is 1. The van der Waals surface area contributed by atoms with Gasteiger partial charge in [0.05, 0.1) is 11.1 Å². The number of anilines is 1. The molecule has 7 heteroatoms. The molecule has 1 heterocycles. The summed E-state index contributed by atoms with van der Waals surface area (Å²) < 4.78 is 41.4. The SMILES string of the molecule is Cc1c(C(=O)Nc2cccc(C(F)(F)F)c2)cc(C(C)(C)C)n1C1CCC(N(C)C)CC1. The van der Waals surface area contributed by atoms with E-state index < -0.39 is 11.7 Å². The van der Waals surface area contributed by atoms with E-state index in [1.165, 1.54) is 12.1 Å². The van der Waals surface area contributed by atoms with Crippen molar-refractivity contribution in [1.29, 1.82) is 0 Å². The van der Waals surface area contributed by atoms with Crippen LogP contribution in [0.1, 0.15) is 79.8 Å². The van der Waals surface area contributed by atoms with Gasteiger partial charge in [0.15, 0.2) is 0 Å². The largest absolute Gasteiger partial charge is 0.416 e. The smallest absolute Gasteiger partial charge is 0.345 e. The minimum Gasteiger partial charge on any atom is -0.345 e. The summed E-state index contributed by atoms with van der Waals surface area (Å²) in [6.45, 7) is 8.31. The molecule has 0 aliphatic heterocycles. The molecule has 0 bridgehead atoms. The maximum absolute atomic E-state index is 13.1. The summed E-state index contributed by atoms with van der Waals surface area (Å²) in [4.78, 5) is 15.4. The van der Waals surface area contributed by atoms with Gasteiger partial charge >= 0.3 is 6.18 Å². The molecule has 1 fully saturated rings. The number of rotatable bonds is 4. The van der Waals surface area contributed by atoms with Gasteiger partial charge < -0.3 is 14.8 Å². The Kier molecular flexibility index (Phi) is 6.80. The van der Waals surface area contributed by atoms with Crippen LogP contribution in [0.15, 0.2) is 30.3 Å². The first-order valence-corrected chi connectivity index (χ1v) is 11.2. The second-order valence-corrected chi connectivity index (χ2v) is 10.1. The molecule has 0 atom stereocenters. The fourth-order valence-corrected chi connectivity index (χ4v) is 4.70. The van der Waals surface area contributed by atoms with E-state index in [9.17, 15) is 18.0 Å². The number of carbonyl (C=O) groups is 1. The molecule has 32 heavy (non-hydrogen) atoms. The molecule has 1 aromatic carbocycles. The minimum atomic E-state index is -4.45. The quantitative estimate of drug-likeness (QED) is 0.586. The number of benzene rings is 1. The molecular weight excluding hydrogens is 415 g/mol. The van der Waals surface area contributed by atoms with E-state index in [1.54, 1.807) is 0 Å². The molecule has 0 saturated heterocycles. The highest BCUT2D eigenvalue weighted by Gasteiger charge is 2.32. The number of hydrogen-bond donors (Lipinski definition) is 1. The lowest BCUT2D eigenvalue weighted by atomic mass is 9.87. The summed E-state index contributed by atoms with van der Waals surface area (Å²) >= 11 is 0. The van der Waals surface area contributed by atoms with Crippen LogP contribution in [0.3, 0.4) is 0 Å². The third kappa shape index (κ3) is 5.20. The van der Waals surface area contributed by atoms with E-state index in [-0.39, 0.29) is 17.0 Å². The first-order valence-electron chi connectivity index (χ1n) is 11.2. The summed E-state index contributed by atoms with van der Waals surface area (Å²) in [6, 6.07) is 7.55. The fourth-order valence-electron chi connectivity index (χ4n) is 4.70. The molecule has 1 aliphatic rings. The second-order valence-electron chi connectivity index (χ2n) is 10.1. The van der Waals surface area contributed by atoms with Gasteiger partial charge in [-0.2, -0.15) is 13.2 Å². The van der Waals surface area contributed by atoms with Gasteiger partial charge in [0, 0.05) is 34.6 Å². The van der Waals surface area contributed by atoms with Crippen molar-refractivity contribution >= 4 is 11.6 Å². The maximum atomic E-state index is 13.1. The number of amides is 1. The zero-order valence-corrected chi connectivity index (χ0v) is 19.8. The van der Waals surface area contributed by atoms with Gasteiger partial charge in [0.1, 0.15) is 0 Å². The number of halogens is 3. The van der Waals surface area contributed by atoms with Crippen molar-refractivity contribution in [2.75, 3.05) is 19.4 Å². The lowest BCUT2D eigenvalue weighted by Gasteiger charge is -2.36. The third-order valence-corrected chi connectivity index (χ3v) is 6.51. The van der Waals surface area contributed by atoms with Crippen molar-refractivity contribution in [2.45, 2.75) is 77.1 Å². The van der Waals surface area contributed by atoms with Gasteiger partial charge in [-0.15, -0.1) is 0 Å². The zero-order chi connectivity index (χ0) is 23.8. The van der Waals surface area contributed by atoms with Gasteiger partial charge in [0.2, 0.25) is 0 Å². The normalized spacial score (nSPS) is 19.9. The van der Waals surface area contributed by atoms with Gasteiger partial charge in [0.25, 0.3) is 5.91 Å². The predicted molar refractivity (Wildman–Crippen MR) is 122 cm³/mol. The molecule has 176 valence electrons. The maximum Gasteiger partial charge on any atom is 0.416 e. The number of nitrogens with one attached hydrogen (secondary N) is 1. The predicted octanol–water partition coefficient (Wildman–Crippen LogP) is 6.41. The summed E-state index contributed by atoms with van der Waals surface area (Å²) in [5, 5.41) is 2.67. The summed E-state index contributed by atoms with van der Waals surface area (Å²) in [5.74, 6) is -0.381. The highest BCUT2D eigenvalue weighted by atomic mass is 19.4. The van der Waals surface area contributed by atoms with Crippen LogP contribution in [0.2, 0.25) is 0 Å². The van der Waals surface area contributed by atoms with Crippen molar-refractivity contribution in [2.24, 2.45) is 0 Å². The van der Waals surface area contributed by atoms with Crippen LogP contribution < -0.4 is 5.32 Å². The van der Waals surface area contributed by atoms with Gasteiger partial charge in [-0.05, 0) is 71.0 Å². The van der Waals surface area contributed by atoms with E-state index in [2.05, 4.69) is 49.7 Å². The average Bonchev–Trinajstić information content (AvgIpc) is 3.05. The molecule has 1 amide bonds. The van der Waals surface area contributed by atoms with E-state index in [1.807, 2.05) is 13.0 Å². The molecule has 4 nitrogen and oxygen atoms in total. The van der Waals surface area contributed by atoms with Crippen molar-refractivity contribution < 1.29 is 18.0 Å². The molecular formula is C25H34F3N3O. The molecule has 1 N–H and O–H groups in total. The fraction of sp³-hybridized carbons (Fsp3) is 0.560. The Bertz CT molecular complexity index is 962. The van der Waals surface area contributed by atoms with Crippen LogP contribution in [0.4, 0.5) is 18.9 Å². The molecule has 0 radical (unpaired) electrons. The molecule has 0 unspecified atom stereocenters. The molecule has 3 rings (SSSR count). The van der Waals surface area contributed by atoms with E-state index in [0.717, 1.165) is 49.2 Å². The number of hydrogen-bond acceptors (Lipinski definition) is 2. The number of nitrogens with zero attached hydrogens (tertiary/aromatic N) is 2. The monoisotopic (exact) mass is 449 g/mol. The Balaban J connectivity index is 1.90. The van der Waals surface area contributed by atoms with Crippen LogP contribution in [-0.4, -0.2) is 35.5 Å². The van der Waals surface area contributed by atoms with E-state index >= 15 is 0 Å². The summed E-state index contributed by atoms with van der Waals surface area (Å²) in [6.07, 6.45) is -0.174. The minimum absolute atomic E-state index is 0.140. The molecule has 1 saturated carbocycles. The van der Waals surface area contributed by atoms with Gasteiger partial charge in [-0.25, -0.2) is 0 Å². The Morgan fingerprint density at radius 1 is 1.06 bits per heavy atom.